The van der Waals surface area contributed by atoms with E-state index in [0.717, 1.165) is 23.4 Å². The smallest absolute Gasteiger partial charge is 0.189 e. The van der Waals surface area contributed by atoms with Gasteiger partial charge in [0.15, 0.2) is 6.79 Å². The summed E-state index contributed by atoms with van der Waals surface area (Å²) in [6, 6.07) is 11.3. The molecule has 0 fully saturated rings. The van der Waals surface area contributed by atoms with Gasteiger partial charge in [0, 0.05) is 24.2 Å². The first kappa shape index (κ1) is 15.0. The Labute approximate surface area is 130 Å². The molecule has 1 aliphatic heterocycles. The van der Waals surface area contributed by atoms with E-state index in [0.29, 0.717) is 13.2 Å². The van der Waals surface area contributed by atoms with Crippen LogP contribution in [0.25, 0.3) is 0 Å². The van der Waals surface area contributed by atoms with E-state index < -0.39 is 0 Å². The highest BCUT2D eigenvalue weighted by Crippen LogP contribution is 2.30. The summed E-state index contributed by atoms with van der Waals surface area (Å²) in [5.41, 5.74) is 4.19. The molecule has 1 aliphatic rings. The van der Waals surface area contributed by atoms with Gasteiger partial charge in [0.1, 0.15) is 11.6 Å². The third kappa shape index (κ3) is 3.29. The van der Waals surface area contributed by atoms with E-state index in [1.165, 1.54) is 17.2 Å². The van der Waals surface area contributed by atoms with Crippen LogP contribution in [0.5, 0.6) is 5.75 Å². The van der Waals surface area contributed by atoms with E-state index in [9.17, 15) is 4.39 Å². The van der Waals surface area contributed by atoms with Gasteiger partial charge in [-0.15, -0.1) is 0 Å². The lowest BCUT2D eigenvalue weighted by atomic mass is 10.1. The van der Waals surface area contributed by atoms with Crippen molar-refractivity contribution >= 4 is 0 Å². The normalized spacial score (nSPS) is 13.8. The Morgan fingerprint density at radius 2 is 1.91 bits per heavy atom. The number of hydrogen-bond donors (Lipinski definition) is 0. The third-order valence-electron chi connectivity index (χ3n) is 3.89. The summed E-state index contributed by atoms with van der Waals surface area (Å²) in [5, 5.41) is 0. The van der Waals surface area contributed by atoms with Crippen LogP contribution in [0.4, 0.5) is 4.39 Å². The number of benzene rings is 2. The highest BCUT2D eigenvalue weighted by molar-refractivity contribution is 5.42. The van der Waals surface area contributed by atoms with Crippen molar-refractivity contribution in [3.8, 4) is 5.75 Å². The van der Waals surface area contributed by atoms with Crippen LogP contribution in [0.3, 0.4) is 0 Å². The van der Waals surface area contributed by atoms with E-state index in [1.807, 2.05) is 19.2 Å². The summed E-state index contributed by atoms with van der Waals surface area (Å²) >= 11 is 0. The first-order chi connectivity index (χ1) is 10.6. The summed E-state index contributed by atoms with van der Waals surface area (Å²) in [6.45, 7) is 4.19. The number of hydrogen-bond acceptors (Lipinski definition) is 3. The molecular weight excluding hydrogens is 281 g/mol. The molecule has 0 amide bonds. The molecular formula is C18H20FNO2. The molecule has 0 saturated carbocycles. The molecule has 0 unspecified atom stereocenters. The Bertz CT molecular complexity index is 672. The van der Waals surface area contributed by atoms with E-state index >= 15 is 0 Å². The van der Waals surface area contributed by atoms with Gasteiger partial charge in [0.05, 0.1) is 6.61 Å². The molecule has 3 nitrogen and oxygen atoms in total. The van der Waals surface area contributed by atoms with E-state index in [4.69, 9.17) is 9.47 Å². The van der Waals surface area contributed by atoms with Crippen molar-refractivity contribution in [1.29, 1.82) is 0 Å². The molecule has 0 bridgehead atoms. The van der Waals surface area contributed by atoms with Crippen molar-refractivity contribution in [3.63, 3.8) is 0 Å². The second kappa shape index (κ2) is 6.46. The average Bonchev–Trinajstić information content (AvgIpc) is 2.49. The SMILES string of the molecule is Cc1ccccc1CN(C)Cc1cc(F)cc2c1OCOC2. The molecule has 0 radical (unpaired) electrons. The minimum Gasteiger partial charge on any atom is -0.467 e. The molecule has 116 valence electrons. The van der Waals surface area contributed by atoms with Gasteiger partial charge in [-0.3, -0.25) is 4.90 Å². The molecule has 4 heteroatoms. The lowest BCUT2D eigenvalue weighted by molar-refractivity contribution is -0.0176. The van der Waals surface area contributed by atoms with Crippen LogP contribution in [-0.4, -0.2) is 18.7 Å². The first-order valence-electron chi connectivity index (χ1n) is 7.38. The van der Waals surface area contributed by atoms with Gasteiger partial charge in [-0.25, -0.2) is 4.39 Å². The van der Waals surface area contributed by atoms with E-state index in [-0.39, 0.29) is 12.6 Å². The third-order valence-corrected chi connectivity index (χ3v) is 3.89. The summed E-state index contributed by atoms with van der Waals surface area (Å²) in [6.07, 6.45) is 0. The lowest BCUT2D eigenvalue weighted by Gasteiger charge is -2.24. The zero-order valence-electron chi connectivity index (χ0n) is 12.9. The van der Waals surface area contributed by atoms with Crippen LogP contribution in [0.15, 0.2) is 36.4 Å². The Balaban J connectivity index is 1.78. The maximum absolute atomic E-state index is 13.8. The Hall–Kier alpha value is -1.91. The monoisotopic (exact) mass is 301 g/mol. The Morgan fingerprint density at radius 3 is 2.73 bits per heavy atom. The molecule has 2 aromatic carbocycles. The van der Waals surface area contributed by atoms with Crippen LogP contribution in [0.1, 0.15) is 22.3 Å². The fraction of sp³-hybridized carbons (Fsp3) is 0.333. The van der Waals surface area contributed by atoms with Crippen LogP contribution in [0, 0.1) is 12.7 Å². The van der Waals surface area contributed by atoms with Gasteiger partial charge in [-0.2, -0.15) is 0 Å². The van der Waals surface area contributed by atoms with Crippen LogP contribution in [0.2, 0.25) is 0 Å². The number of halogens is 1. The second-order valence-electron chi connectivity index (χ2n) is 5.76. The van der Waals surface area contributed by atoms with Crippen molar-refractivity contribution in [2.24, 2.45) is 0 Å². The number of rotatable bonds is 4. The van der Waals surface area contributed by atoms with Gasteiger partial charge in [-0.05, 0) is 37.2 Å². The zero-order valence-corrected chi connectivity index (χ0v) is 12.9. The fourth-order valence-electron chi connectivity index (χ4n) is 2.80. The number of ether oxygens (including phenoxy) is 2. The van der Waals surface area contributed by atoms with Gasteiger partial charge in [-0.1, -0.05) is 24.3 Å². The predicted octanol–water partition coefficient (Wildman–Crippen LogP) is 3.63. The number of aryl methyl sites for hydroxylation is 1. The molecule has 1 heterocycles. The molecule has 22 heavy (non-hydrogen) atoms. The summed E-state index contributed by atoms with van der Waals surface area (Å²) in [7, 11) is 2.03. The topological polar surface area (TPSA) is 21.7 Å². The second-order valence-corrected chi connectivity index (χ2v) is 5.76. The van der Waals surface area contributed by atoms with Gasteiger partial charge < -0.3 is 9.47 Å². The van der Waals surface area contributed by atoms with Crippen LogP contribution >= 0.6 is 0 Å². The van der Waals surface area contributed by atoms with Crippen LogP contribution < -0.4 is 4.74 Å². The zero-order chi connectivity index (χ0) is 15.5. The highest BCUT2D eigenvalue weighted by atomic mass is 19.1. The standard InChI is InChI=1S/C18H20FNO2/c1-13-5-3-4-6-14(13)9-20(2)10-15-7-17(19)8-16-11-21-12-22-18(15)16/h3-8H,9-12H2,1-2H3. The van der Waals surface area contributed by atoms with E-state index in [2.05, 4.69) is 24.0 Å². The van der Waals surface area contributed by atoms with Gasteiger partial charge in [0.25, 0.3) is 0 Å². The molecule has 0 atom stereocenters. The van der Waals surface area contributed by atoms with Gasteiger partial charge in [0.2, 0.25) is 0 Å². The van der Waals surface area contributed by atoms with Gasteiger partial charge >= 0.3 is 0 Å². The van der Waals surface area contributed by atoms with Crippen molar-refractivity contribution in [2.75, 3.05) is 13.8 Å². The minimum atomic E-state index is -0.243. The number of nitrogens with zero attached hydrogens (tertiary/aromatic N) is 1. The average molecular weight is 301 g/mol. The quantitative estimate of drug-likeness (QED) is 0.860. The maximum Gasteiger partial charge on any atom is 0.189 e. The Morgan fingerprint density at radius 1 is 1.14 bits per heavy atom. The molecule has 2 aromatic rings. The summed E-state index contributed by atoms with van der Waals surface area (Å²) < 4.78 is 24.6. The molecule has 0 aromatic heterocycles. The van der Waals surface area contributed by atoms with Crippen molar-refractivity contribution < 1.29 is 13.9 Å². The molecule has 0 N–H and O–H groups in total. The Kier molecular flexibility index (Phi) is 4.41. The van der Waals surface area contributed by atoms with Crippen molar-refractivity contribution in [1.82, 2.24) is 4.90 Å². The molecule has 0 aliphatic carbocycles. The van der Waals surface area contributed by atoms with Crippen molar-refractivity contribution in [3.05, 3.63) is 64.5 Å². The van der Waals surface area contributed by atoms with E-state index in [1.54, 1.807) is 6.07 Å². The lowest BCUT2D eigenvalue weighted by Crippen LogP contribution is -2.20. The minimum absolute atomic E-state index is 0.229. The molecule has 3 rings (SSSR count). The van der Waals surface area contributed by atoms with Crippen molar-refractivity contribution in [2.45, 2.75) is 26.6 Å². The largest absolute Gasteiger partial charge is 0.467 e. The number of fused-ring (bicyclic) bond motifs is 1. The predicted molar refractivity (Wildman–Crippen MR) is 83.0 cm³/mol. The molecule has 0 spiro atoms. The highest BCUT2D eigenvalue weighted by Gasteiger charge is 2.18. The summed E-state index contributed by atoms with van der Waals surface area (Å²) in [5.74, 6) is 0.524. The fourth-order valence-corrected chi connectivity index (χ4v) is 2.80. The van der Waals surface area contributed by atoms with Crippen LogP contribution in [-0.2, 0) is 24.4 Å². The summed E-state index contributed by atoms with van der Waals surface area (Å²) in [4.78, 5) is 2.16. The molecule has 0 saturated heterocycles. The first-order valence-corrected chi connectivity index (χ1v) is 7.38. The maximum atomic E-state index is 13.8.